The van der Waals surface area contributed by atoms with E-state index in [1.807, 2.05) is 78.3 Å². The van der Waals surface area contributed by atoms with E-state index in [-0.39, 0.29) is 0 Å². The first-order valence-corrected chi connectivity index (χ1v) is 15.6. The van der Waals surface area contributed by atoms with E-state index in [4.69, 9.17) is 0 Å². The molecule has 0 amide bonds. The molecule has 0 bridgehead atoms. The predicted octanol–water partition coefficient (Wildman–Crippen LogP) is 11.0. The van der Waals surface area contributed by atoms with E-state index in [1.165, 1.54) is 27.6 Å². The van der Waals surface area contributed by atoms with Crippen LogP contribution >= 0.6 is 0 Å². The van der Waals surface area contributed by atoms with Crippen LogP contribution in [0.5, 0.6) is 0 Å². The third-order valence-corrected chi connectivity index (χ3v) is 6.29. The number of nitrogens with zero attached hydrogens (tertiary/aromatic N) is 6. The van der Waals surface area contributed by atoms with Gasteiger partial charge in [-0.3, -0.25) is 0 Å². The van der Waals surface area contributed by atoms with Gasteiger partial charge in [-0.05, 0) is 59.2 Å². The highest BCUT2D eigenvalue weighted by molar-refractivity contribution is 5.79. The summed E-state index contributed by atoms with van der Waals surface area (Å²) in [7, 11) is 0. The highest BCUT2D eigenvalue weighted by Crippen LogP contribution is 2.32. The lowest BCUT2D eigenvalue weighted by Gasteiger charge is -2.08. The molecule has 0 spiro atoms. The Morgan fingerprint density at radius 3 is 2.00 bits per heavy atom. The summed E-state index contributed by atoms with van der Waals surface area (Å²) >= 11 is 0. The average Bonchev–Trinajstić information content (AvgIpc) is 3.80. The minimum atomic E-state index is 0.506. The average molecular weight is 572 g/mol. The molecular weight excluding hydrogens is 518 g/mol. The summed E-state index contributed by atoms with van der Waals surface area (Å²) in [5.41, 5.74) is 8.46. The van der Waals surface area contributed by atoms with E-state index >= 15 is 0 Å². The minimum Gasteiger partial charge on any atom is -0.346 e. The van der Waals surface area contributed by atoms with Crippen molar-refractivity contribution in [3.63, 3.8) is 0 Å². The first-order valence-electron chi connectivity index (χ1n) is 15.6. The quantitative estimate of drug-likeness (QED) is 0.234. The Balaban J connectivity index is 0.000000289. The zero-order valence-electron chi connectivity index (χ0n) is 28.0. The first kappa shape index (κ1) is 36.2. The number of hydrogen-bond acceptors (Lipinski definition) is 5. The Morgan fingerprint density at radius 2 is 1.36 bits per heavy atom. The summed E-state index contributed by atoms with van der Waals surface area (Å²) in [6.07, 6.45) is 7.41. The minimum absolute atomic E-state index is 0.506. The third kappa shape index (κ3) is 9.61. The number of benzene rings is 1. The normalized spacial score (nSPS) is 10.8. The van der Waals surface area contributed by atoms with Gasteiger partial charge in [0, 0.05) is 35.1 Å². The molecule has 1 N–H and O–H groups in total. The van der Waals surface area contributed by atoms with Crippen LogP contribution in [-0.4, -0.2) is 24.8 Å². The second-order valence-corrected chi connectivity index (χ2v) is 9.85. The van der Waals surface area contributed by atoms with Crippen LogP contribution in [0.1, 0.15) is 123 Å². The van der Waals surface area contributed by atoms with E-state index in [0.717, 1.165) is 23.4 Å². The monoisotopic (exact) mass is 571 g/mol. The van der Waals surface area contributed by atoms with Crippen molar-refractivity contribution in [2.45, 2.75) is 107 Å². The van der Waals surface area contributed by atoms with Gasteiger partial charge in [0.05, 0.1) is 23.9 Å². The van der Waals surface area contributed by atoms with Crippen LogP contribution in [0.4, 0.5) is 5.69 Å². The number of rotatable bonds is 3. The summed E-state index contributed by atoms with van der Waals surface area (Å²) in [6.45, 7) is 25.9. The standard InChI is InChI=1S/2C10H12N2.C9H11N3.3C2H6/c1-7(2)8-3-5-11-10-9(8)4-6-12-10;1-7(2)8-4-3-5-10-9(8)6-11-12-10;1-7(2)8-6-11-12-9(8)4-3-5-10-12;3*1-2/h3-7H,1-2H3,(H,11,12);3-5,7H,6H2,1-2H3;3-7H,1-2H3;3*1-2H3. The topological polar surface area (TPSA) is 83.6 Å². The molecule has 7 heteroatoms. The molecule has 1 aromatic carbocycles. The number of azo groups is 1. The Kier molecular flexibility index (Phi) is 16.6. The molecular formula is C35H53N7. The smallest absolute Gasteiger partial charge is 0.137 e. The zero-order chi connectivity index (χ0) is 31.7. The number of aromatic amines is 1. The third-order valence-electron chi connectivity index (χ3n) is 6.29. The van der Waals surface area contributed by atoms with Crippen molar-refractivity contribution in [3.8, 4) is 0 Å². The predicted molar refractivity (Wildman–Crippen MR) is 180 cm³/mol. The van der Waals surface area contributed by atoms with Gasteiger partial charge in [0.1, 0.15) is 5.65 Å². The number of fused-ring (bicyclic) bond motifs is 3. The lowest BCUT2D eigenvalue weighted by atomic mass is 9.96. The lowest BCUT2D eigenvalue weighted by molar-refractivity contribution is 0.799. The van der Waals surface area contributed by atoms with Gasteiger partial charge < -0.3 is 4.98 Å². The van der Waals surface area contributed by atoms with Crippen LogP contribution in [0, 0.1) is 0 Å². The molecule has 4 aromatic heterocycles. The number of H-pyrrole nitrogens is 1. The number of nitrogens with one attached hydrogen (secondary N) is 1. The van der Waals surface area contributed by atoms with Gasteiger partial charge in [-0.2, -0.15) is 25.1 Å². The molecule has 0 aliphatic carbocycles. The van der Waals surface area contributed by atoms with E-state index < -0.39 is 0 Å². The Morgan fingerprint density at radius 1 is 0.690 bits per heavy atom. The fourth-order valence-electron chi connectivity index (χ4n) is 4.36. The molecule has 1 aliphatic heterocycles. The van der Waals surface area contributed by atoms with Gasteiger partial charge in [-0.25, -0.2) is 4.98 Å². The molecule has 228 valence electrons. The highest BCUT2D eigenvalue weighted by atomic mass is 15.4. The van der Waals surface area contributed by atoms with E-state index in [0.29, 0.717) is 17.8 Å². The van der Waals surface area contributed by atoms with Gasteiger partial charge in [0.2, 0.25) is 0 Å². The molecule has 0 unspecified atom stereocenters. The van der Waals surface area contributed by atoms with Crippen LogP contribution in [0.2, 0.25) is 0 Å². The van der Waals surface area contributed by atoms with Crippen LogP contribution < -0.4 is 0 Å². The summed E-state index contributed by atoms with van der Waals surface area (Å²) < 4.78 is 1.66. The van der Waals surface area contributed by atoms with Crippen LogP contribution in [-0.2, 0) is 6.54 Å². The zero-order valence-corrected chi connectivity index (χ0v) is 28.0. The van der Waals surface area contributed by atoms with Crippen molar-refractivity contribution in [1.29, 1.82) is 0 Å². The number of aromatic nitrogens is 5. The maximum atomic E-state index is 4.23. The van der Waals surface area contributed by atoms with Gasteiger partial charge in [-0.1, -0.05) is 95.2 Å². The SMILES string of the molecule is CC.CC.CC.CC(C)c1cccc2c1CN=N2.CC(C)c1ccnc2[nH]ccc12.CC(C)c1cnn2ncccc12. The highest BCUT2D eigenvalue weighted by Gasteiger charge is 2.13. The molecule has 5 heterocycles. The molecule has 42 heavy (non-hydrogen) atoms. The lowest BCUT2D eigenvalue weighted by Crippen LogP contribution is -1.92. The van der Waals surface area contributed by atoms with E-state index in [2.05, 4.69) is 96.2 Å². The molecule has 1 aliphatic rings. The van der Waals surface area contributed by atoms with Crippen molar-refractivity contribution in [1.82, 2.24) is 24.8 Å². The summed E-state index contributed by atoms with van der Waals surface area (Å²) in [4.78, 5) is 7.33. The van der Waals surface area contributed by atoms with Crippen LogP contribution in [0.15, 0.2) is 77.5 Å². The van der Waals surface area contributed by atoms with Crippen LogP contribution in [0.25, 0.3) is 16.6 Å². The molecule has 0 atom stereocenters. The van der Waals surface area contributed by atoms with E-state index in [1.54, 1.807) is 10.8 Å². The summed E-state index contributed by atoms with van der Waals surface area (Å²) in [5, 5.41) is 17.6. The maximum absolute atomic E-state index is 4.23. The molecule has 6 rings (SSSR count). The molecule has 5 aromatic rings. The van der Waals surface area contributed by atoms with Gasteiger partial charge in [-0.15, -0.1) is 0 Å². The largest absolute Gasteiger partial charge is 0.346 e. The number of hydrogen-bond donors (Lipinski definition) is 1. The molecule has 0 saturated carbocycles. The fraction of sp³-hybridized carbons (Fsp3) is 0.457. The Bertz CT molecular complexity index is 1450. The Labute approximate surface area is 253 Å². The Hall–Kier alpha value is -3.87. The molecule has 0 fully saturated rings. The van der Waals surface area contributed by atoms with Crippen molar-refractivity contribution < 1.29 is 0 Å². The van der Waals surface area contributed by atoms with Crippen LogP contribution in [0.3, 0.4) is 0 Å². The summed E-state index contributed by atoms with van der Waals surface area (Å²) in [5.74, 6) is 1.64. The second kappa shape index (κ2) is 19.3. The molecule has 0 radical (unpaired) electrons. The van der Waals surface area contributed by atoms with Crippen molar-refractivity contribution in [3.05, 3.63) is 89.5 Å². The molecule has 0 saturated heterocycles. The van der Waals surface area contributed by atoms with Gasteiger partial charge in [0.15, 0.2) is 0 Å². The van der Waals surface area contributed by atoms with Crippen molar-refractivity contribution in [2.75, 3.05) is 0 Å². The molecule has 7 nitrogen and oxygen atoms in total. The number of pyridine rings is 1. The first-order chi connectivity index (χ1) is 20.4. The second-order valence-electron chi connectivity index (χ2n) is 9.85. The van der Waals surface area contributed by atoms with Crippen molar-refractivity contribution in [2.24, 2.45) is 10.2 Å². The van der Waals surface area contributed by atoms with Gasteiger partial charge >= 0.3 is 0 Å². The fourth-order valence-corrected chi connectivity index (χ4v) is 4.36. The maximum Gasteiger partial charge on any atom is 0.137 e. The van der Waals surface area contributed by atoms with Gasteiger partial charge in [0.25, 0.3) is 0 Å². The van der Waals surface area contributed by atoms with Crippen molar-refractivity contribution >= 4 is 22.2 Å². The van der Waals surface area contributed by atoms with E-state index in [9.17, 15) is 0 Å². The summed E-state index contributed by atoms with van der Waals surface area (Å²) in [6, 6.07) is 14.4.